The summed E-state index contributed by atoms with van der Waals surface area (Å²) in [5, 5.41) is 0. The molecule has 0 aliphatic heterocycles. The fourth-order valence-electron chi connectivity index (χ4n) is 2.00. The quantitative estimate of drug-likeness (QED) is 0.610. The van der Waals surface area contributed by atoms with Gasteiger partial charge in [-0.15, -0.1) is 0 Å². The minimum Gasteiger partial charge on any atom is -0.379 e. The standard InChI is InChI=1S/C10H20O/c1-3-11-9(2)10-7-5-4-6-8-10/h9-10H,3-8H2,1-2H3/t9-/m1/s1. The van der Waals surface area contributed by atoms with Crippen molar-refractivity contribution in [3.8, 4) is 0 Å². The van der Waals surface area contributed by atoms with Gasteiger partial charge in [-0.05, 0) is 32.6 Å². The molecular formula is C10H20O. The normalized spacial score (nSPS) is 23.5. The van der Waals surface area contributed by atoms with Crippen LogP contribution in [-0.2, 0) is 4.74 Å². The van der Waals surface area contributed by atoms with Crippen molar-refractivity contribution in [2.45, 2.75) is 52.1 Å². The van der Waals surface area contributed by atoms with E-state index in [-0.39, 0.29) is 0 Å². The smallest absolute Gasteiger partial charge is 0.0575 e. The van der Waals surface area contributed by atoms with E-state index in [9.17, 15) is 0 Å². The zero-order valence-corrected chi connectivity index (χ0v) is 7.81. The lowest BCUT2D eigenvalue weighted by atomic mass is 9.86. The second-order valence-electron chi connectivity index (χ2n) is 3.56. The summed E-state index contributed by atoms with van der Waals surface area (Å²) in [7, 11) is 0. The van der Waals surface area contributed by atoms with Gasteiger partial charge >= 0.3 is 0 Å². The van der Waals surface area contributed by atoms with Crippen LogP contribution in [0.15, 0.2) is 0 Å². The first-order valence-corrected chi connectivity index (χ1v) is 4.96. The van der Waals surface area contributed by atoms with Gasteiger partial charge in [-0.25, -0.2) is 0 Å². The highest BCUT2D eigenvalue weighted by Gasteiger charge is 2.19. The Morgan fingerprint density at radius 3 is 2.45 bits per heavy atom. The molecule has 0 bridgehead atoms. The van der Waals surface area contributed by atoms with E-state index in [1.807, 2.05) is 0 Å². The van der Waals surface area contributed by atoms with Crippen molar-refractivity contribution in [3.05, 3.63) is 0 Å². The Balaban J connectivity index is 2.21. The van der Waals surface area contributed by atoms with Gasteiger partial charge in [0.05, 0.1) is 6.10 Å². The van der Waals surface area contributed by atoms with Crippen molar-refractivity contribution in [1.82, 2.24) is 0 Å². The van der Waals surface area contributed by atoms with Crippen LogP contribution in [0.25, 0.3) is 0 Å². The Labute approximate surface area is 70.1 Å². The highest BCUT2D eigenvalue weighted by molar-refractivity contribution is 4.70. The summed E-state index contributed by atoms with van der Waals surface area (Å²) in [6, 6.07) is 0. The third-order valence-electron chi connectivity index (χ3n) is 2.74. The van der Waals surface area contributed by atoms with Gasteiger partial charge in [0.25, 0.3) is 0 Å². The fourth-order valence-corrected chi connectivity index (χ4v) is 2.00. The van der Waals surface area contributed by atoms with E-state index in [1.54, 1.807) is 0 Å². The average molecular weight is 156 g/mol. The lowest BCUT2D eigenvalue weighted by molar-refractivity contribution is 0.0203. The van der Waals surface area contributed by atoms with E-state index in [1.165, 1.54) is 32.1 Å². The van der Waals surface area contributed by atoms with Gasteiger partial charge in [0, 0.05) is 6.61 Å². The van der Waals surface area contributed by atoms with Crippen molar-refractivity contribution < 1.29 is 4.74 Å². The topological polar surface area (TPSA) is 9.23 Å². The van der Waals surface area contributed by atoms with Crippen LogP contribution in [0.5, 0.6) is 0 Å². The summed E-state index contributed by atoms with van der Waals surface area (Å²) < 4.78 is 5.58. The van der Waals surface area contributed by atoms with Crippen LogP contribution in [0.4, 0.5) is 0 Å². The fraction of sp³-hybridized carbons (Fsp3) is 1.00. The number of rotatable bonds is 3. The molecule has 0 aromatic rings. The molecular weight excluding hydrogens is 136 g/mol. The Morgan fingerprint density at radius 1 is 1.27 bits per heavy atom. The van der Waals surface area contributed by atoms with Crippen molar-refractivity contribution in [1.29, 1.82) is 0 Å². The molecule has 0 radical (unpaired) electrons. The summed E-state index contributed by atoms with van der Waals surface area (Å²) in [4.78, 5) is 0. The van der Waals surface area contributed by atoms with Crippen molar-refractivity contribution >= 4 is 0 Å². The van der Waals surface area contributed by atoms with Crippen LogP contribution < -0.4 is 0 Å². The molecule has 1 rings (SSSR count). The predicted molar refractivity (Wildman–Crippen MR) is 47.7 cm³/mol. The van der Waals surface area contributed by atoms with E-state index in [0.29, 0.717) is 6.10 Å². The van der Waals surface area contributed by atoms with E-state index in [4.69, 9.17) is 4.74 Å². The highest BCUT2D eigenvalue weighted by atomic mass is 16.5. The maximum atomic E-state index is 5.58. The summed E-state index contributed by atoms with van der Waals surface area (Å²) in [6.45, 7) is 5.18. The summed E-state index contributed by atoms with van der Waals surface area (Å²) >= 11 is 0. The van der Waals surface area contributed by atoms with Crippen LogP contribution in [0.3, 0.4) is 0 Å². The third kappa shape index (κ3) is 2.82. The van der Waals surface area contributed by atoms with Crippen molar-refractivity contribution in [3.63, 3.8) is 0 Å². The first kappa shape index (κ1) is 9.05. The maximum Gasteiger partial charge on any atom is 0.0575 e. The first-order valence-electron chi connectivity index (χ1n) is 4.96. The van der Waals surface area contributed by atoms with Crippen molar-refractivity contribution in [2.75, 3.05) is 6.61 Å². The highest BCUT2D eigenvalue weighted by Crippen LogP contribution is 2.27. The average Bonchev–Trinajstić information content (AvgIpc) is 2.07. The van der Waals surface area contributed by atoms with Gasteiger partial charge in [-0.3, -0.25) is 0 Å². The molecule has 0 heterocycles. The molecule has 0 spiro atoms. The lowest BCUT2D eigenvalue weighted by Gasteiger charge is -2.27. The van der Waals surface area contributed by atoms with Gasteiger partial charge < -0.3 is 4.74 Å². The number of ether oxygens (including phenoxy) is 1. The summed E-state index contributed by atoms with van der Waals surface area (Å²) in [5.41, 5.74) is 0. The zero-order chi connectivity index (χ0) is 8.10. The molecule has 0 unspecified atom stereocenters. The van der Waals surface area contributed by atoms with Gasteiger partial charge in [0.1, 0.15) is 0 Å². The predicted octanol–water partition coefficient (Wildman–Crippen LogP) is 2.99. The molecule has 0 saturated heterocycles. The number of hydrogen-bond donors (Lipinski definition) is 0. The Hall–Kier alpha value is -0.0400. The molecule has 1 fully saturated rings. The van der Waals surface area contributed by atoms with E-state index in [2.05, 4.69) is 13.8 Å². The Kier molecular flexibility index (Phi) is 3.92. The van der Waals surface area contributed by atoms with Gasteiger partial charge in [-0.1, -0.05) is 19.3 Å². The Bertz CT molecular complexity index is 95.0. The third-order valence-corrected chi connectivity index (χ3v) is 2.74. The molecule has 1 heteroatoms. The number of hydrogen-bond acceptors (Lipinski definition) is 1. The Morgan fingerprint density at radius 2 is 1.91 bits per heavy atom. The minimum atomic E-state index is 0.500. The lowest BCUT2D eigenvalue weighted by Crippen LogP contribution is -2.22. The van der Waals surface area contributed by atoms with Crippen LogP contribution in [0.2, 0.25) is 0 Å². The summed E-state index contributed by atoms with van der Waals surface area (Å²) in [6.07, 6.45) is 7.56. The van der Waals surface area contributed by atoms with E-state index >= 15 is 0 Å². The molecule has 1 saturated carbocycles. The van der Waals surface area contributed by atoms with Gasteiger partial charge in [0.2, 0.25) is 0 Å². The van der Waals surface area contributed by atoms with E-state index in [0.717, 1.165) is 12.5 Å². The van der Waals surface area contributed by atoms with Gasteiger partial charge in [-0.2, -0.15) is 0 Å². The first-order chi connectivity index (χ1) is 5.34. The van der Waals surface area contributed by atoms with Crippen LogP contribution >= 0.6 is 0 Å². The molecule has 66 valence electrons. The molecule has 0 N–H and O–H groups in total. The van der Waals surface area contributed by atoms with Gasteiger partial charge in [0.15, 0.2) is 0 Å². The molecule has 1 atom stereocenters. The van der Waals surface area contributed by atoms with E-state index < -0.39 is 0 Å². The second kappa shape index (κ2) is 4.76. The molecule has 11 heavy (non-hydrogen) atoms. The zero-order valence-electron chi connectivity index (χ0n) is 7.81. The minimum absolute atomic E-state index is 0.500. The molecule has 0 aromatic carbocycles. The SMILES string of the molecule is CCO[C@H](C)C1CCCCC1. The molecule has 1 nitrogen and oxygen atoms in total. The molecule has 0 amide bonds. The summed E-state index contributed by atoms with van der Waals surface area (Å²) in [5.74, 6) is 0.851. The monoisotopic (exact) mass is 156 g/mol. The van der Waals surface area contributed by atoms with Crippen LogP contribution in [0, 0.1) is 5.92 Å². The largest absolute Gasteiger partial charge is 0.379 e. The molecule has 1 aliphatic rings. The molecule has 1 aliphatic carbocycles. The molecule has 0 aromatic heterocycles. The van der Waals surface area contributed by atoms with Crippen LogP contribution in [0.1, 0.15) is 46.0 Å². The second-order valence-corrected chi connectivity index (χ2v) is 3.56. The maximum absolute atomic E-state index is 5.58. The van der Waals surface area contributed by atoms with Crippen LogP contribution in [-0.4, -0.2) is 12.7 Å². The van der Waals surface area contributed by atoms with Crippen molar-refractivity contribution in [2.24, 2.45) is 5.92 Å².